The van der Waals surface area contributed by atoms with Crippen LogP contribution in [0.5, 0.6) is 0 Å². The molecule has 1 spiro atoms. The first-order valence-electron chi connectivity index (χ1n) is 19.9. The van der Waals surface area contributed by atoms with Crippen LogP contribution in [0.1, 0.15) is 74.1 Å². The zero-order valence-corrected chi connectivity index (χ0v) is 33.1. The van der Waals surface area contributed by atoms with Crippen LogP contribution >= 0.6 is 0 Å². The second-order valence-electron chi connectivity index (χ2n) is 16.7. The first-order valence-corrected chi connectivity index (χ1v) is 23.0. The number of aliphatic hydroxyl groups excluding tert-OH is 1. The van der Waals surface area contributed by atoms with Crippen LogP contribution in [0.4, 0.5) is 17.1 Å². The van der Waals surface area contributed by atoms with Gasteiger partial charge in [0.15, 0.2) is 13.9 Å². The minimum Gasteiger partial charge on any atom is -0.432 e. The van der Waals surface area contributed by atoms with Gasteiger partial charge in [0, 0.05) is 60.9 Å². The van der Waals surface area contributed by atoms with Crippen molar-refractivity contribution >= 4 is 49.0 Å². The van der Waals surface area contributed by atoms with Crippen molar-refractivity contribution in [1.29, 1.82) is 0 Å². The molecule has 2 N–H and O–H groups in total. The lowest BCUT2D eigenvalue weighted by Crippen LogP contribution is -2.48. The average Bonchev–Trinajstić information content (AvgIpc) is 3.60. The van der Waals surface area contributed by atoms with E-state index in [1.165, 1.54) is 0 Å². The quantitative estimate of drug-likeness (QED) is 0.294. The van der Waals surface area contributed by atoms with Gasteiger partial charge in [-0.3, -0.25) is 19.2 Å². The summed E-state index contributed by atoms with van der Waals surface area (Å²) < 4.78 is 7.09. The third-order valence-electron chi connectivity index (χ3n) is 12.8. The van der Waals surface area contributed by atoms with Gasteiger partial charge in [0.25, 0.3) is 5.91 Å². The number of aliphatic hydroxyl groups is 1. The predicted molar refractivity (Wildman–Crippen MR) is 212 cm³/mol. The minimum atomic E-state index is -3.10. The molecule has 0 radical (unpaired) electrons. The first kappa shape index (κ1) is 37.6. The number of benzene rings is 3. The molecule has 5 heterocycles. The van der Waals surface area contributed by atoms with Crippen molar-refractivity contribution in [2.24, 2.45) is 5.92 Å². The summed E-state index contributed by atoms with van der Waals surface area (Å²) >= 11 is 0. The monoisotopic (exact) mass is 764 g/mol. The maximum atomic E-state index is 15.3. The molecule has 4 amide bonds. The molecule has 11 nitrogen and oxygen atoms in total. The van der Waals surface area contributed by atoms with Crippen LogP contribution < -0.4 is 14.7 Å². The van der Waals surface area contributed by atoms with Crippen molar-refractivity contribution in [3.63, 3.8) is 0 Å². The highest BCUT2D eigenvalue weighted by Gasteiger charge is 2.66. The lowest BCUT2D eigenvalue weighted by molar-refractivity contribution is -0.151. The van der Waals surface area contributed by atoms with Gasteiger partial charge in [0.2, 0.25) is 17.7 Å². The fourth-order valence-corrected chi connectivity index (χ4v) is 12.6. The Kier molecular flexibility index (Phi) is 9.98. The maximum Gasteiger partial charge on any atom is 0.264 e. The Bertz CT molecular complexity index is 2020. The van der Waals surface area contributed by atoms with E-state index in [0.29, 0.717) is 55.8 Å². The number of hydrogen-bond donors (Lipinski definition) is 2. The molecule has 3 aromatic carbocycles. The van der Waals surface area contributed by atoms with Crippen LogP contribution in [0.3, 0.4) is 0 Å². The van der Waals surface area contributed by atoms with E-state index in [2.05, 4.69) is 0 Å². The summed E-state index contributed by atoms with van der Waals surface area (Å²) in [5, 5.41) is 10.4. The Balaban J connectivity index is 1.17. The molecule has 3 aromatic rings. The Morgan fingerprint density at radius 3 is 2.20 bits per heavy atom. The van der Waals surface area contributed by atoms with E-state index in [0.717, 1.165) is 48.1 Å². The summed E-state index contributed by atoms with van der Waals surface area (Å²) in [6.07, 6.45) is 4.25. The molecular formula is C43H52N4O7Si. The normalized spacial score (nSPS) is 26.9. The number of carbonyl (C=O) groups is 4. The van der Waals surface area contributed by atoms with E-state index in [9.17, 15) is 24.3 Å². The van der Waals surface area contributed by atoms with Gasteiger partial charge in [0.05, 0.1) is 37.4 Å². The number of amides is 4. The van der Waals surface area contributed by atoms with E-state index < -0.39 is 37.5 Å². The summed E-state index contributed by atoms with van der Waals surface area (Å²) in [5.41, 5.74) is 3.83. The fourth-order valence-electron chi connectivity index (χ4n) is 10.1. The van der Waals surface area contributed by atoms with Crippen LogP contribution in [0.2, 0.25) is 18.6 Å². The average molecular weight is 765 g/mol. The molecule has 0 unspecified atom stereocenters. The molecule has 0 aliphatic carbocycles. The number of rotatable bonds is 8. The number of nitrogens with zero attached hydrogens (tertiary/aromatic N) is 4. The van der Waals surface area contributed by atoms with E-state index in [-0.39, 0.29) is 43.2 Å². The van der Waals surface area contributed by atoms with Gasteiger partial charge in [-0.15, -0.1) is 0 Å². The number of ether oxygens (including phenoxy) is 1. The lowest BCUT2D eigenvalue weighted by atomic mass is 9.82. The Labute approximate surface area is 324 Å². The number of anilines is 3. The molecule has 5 atom stereocenters. The topological polar surface area (TPSA) is 131 Å². The summed E-state index contributed by atoms with van der Waals surface area (Å²) in [7, 11) is -3.10. The lowest BCUT2D eigenvalue weighted by Gasteiger charge is -2.37. The van der Waals surface area contributed by atoms with Gasteiger partial charge >= 0.3 is 0 Å². The van der Waals surface area contributed by atoms with Gasteiger partial charge in [-0.2, -0.15) is 0 Å². The van der Waals surface area contributed by atoms with Crippen molar-refractivity contribution in [3.8, 4) is 0 Å². The van der Waals surface area contributed by atoms with E-state index in [1.54, 1.807) is 14.7 Å². The highest BCUT2D eigenvalue weighted by atomic mass is 28.4. The molecule has 0 bridgehead atoms. The maximum absolute atomic E-state index is 15.3. The largest absolute Gasteiger partial charge is 0.432 e. The van der Waals surface area contributed by atoms with Crippen LogP contribution in [0, 0.1) is 5.92 Å². The third-order valence-corrected chi connectivity index (χ3v) is 15.3. The number of piperidine rings is 2. The molecule has 5 aliphatic rings. The highest BCUT2D eigenvalue weighted by molar-refractivity contribution is 6.71. The summed E-state index contributed by atoms with van der Waals surface area (Å²) in [6, 6.07) is 21.1. The SMILES string of the molecule is C[C@@H]1[C@@H]([Si](C)(C)O)[C@H](CC(=O)N2Cc3ccccc3C[C@H]2CO)O[C@@]12C(=O)N(Cc1cccc(N3CCCCC3=O)c1)c1ccc(N3CCCCC3=O)cc12. The van der Waals surface area contributed by atoms with Gasteiger partial charge in [0.1, 0.15) is 0 Å². The summed E-state index contributed by atoms with van der Waals surface area (Å²) in [4.78, 5) is 74.6. The molecule has 5 aliphatic heterocycles. The zero-order valence-electron chi connectivity index (χ0n) is 32.1. The molecular weight excluding hydrogens is 713 g/mol. The van der Waals surface area contributed by atoms with Gasteiger partial charge < -0.3 is 34.2 Å². The molecule has 12 heteroatoms. The predicted octanol–water partition coefficient (Wildman–Crippen LogP) is 5.40. The minimum absolute atomic E-state index is 0.0395. The summed E-state index contributed by atoms with van der Waals surface area (Å²) in [5.74, 6) is -0.828. The van der Waals surface area contributed by atoms with Gasteiger partial charge in [-0.1, -0.05) is 43.3 Å². The van der Waals surface area contributed by atoms with E-state index in [1.807, 2.05) is 91.6 Å². The van der Waals surface area contributed by atoms with Crippen molar-refractivity contribution in [3.05, 3.63) is 89.0 Å². The third kappa shape index (κ3) is 6.60. The summed E-state index contributed by atoms with van der Waals surface area (Å²) in [6.45, 7) is 7.30. The molecule has 0 aromatic heterocycles. The molecule has 290 valence electrons. The Morgan fingerprint density at radius 1 is 0.873 bits per heavy atom. The van der Waals surface area contributed by atoms with Crippen LogP contribution in [0.15, 0.2) is 66.7 Å². The van der Waals surface area contributed by atoms with Crippen molar-refractivity contribution in [2.45, 2.75) is 108 Å². The fraction of sp³-hybridized carbons (Fsp3) is 0.488. The van der Waals surface area contributed by atoms with Crippen molar-refractivity contribution in [2.75, 3.05) is 34.4 Å². The van der Waals surface area contributed by atoms with Crippen LogP contribution in [0.25, 0.3) is 0 Å². The van der Waals surface area contributed by atoms with Crippen molar-refractivity contribution in [1.82, 2.24) is 4.90 Å². The Hall–Kier alpha value is -4.36. The molecule has 0 saturated carbocycles. The highest BCUT2D eigenvalue weighted by Crippen LogP contribution is 2.60. The first-order chi connectivity index (χ1) is 26.4. The zero-order chi connectivity index (χ0) is 38.6. The standard InChI is InChI=1S/C43H52N4O7Si/c1-28-41(55(2,3)53)37(24-40(51)46-26-31-13-5-4-12-30(31)22-34(46)27-48)54-43(28)35-23-33(45-20-9-7-16-39(45)50)17-18-36(35)47(42(43)52)25-29-11-10-14-32(21-29)44-19-8-6-15-38(44)49/h4-5,10-14,17-18,21,23,28,34,37,41,48,53H,6-9,15-16,19-20,22,24-27H2,1-3H3/t28-,34+,37+,41-,43+/m1/s1. The second-order valence-corrected chi connectivity index (χ2v) is 20.6. The molecule has 8 rings (SSSR count). The van der Waals surface area contributed by atoms with E-state index >= 15 is 4.79 Å². The number of hydrogen-bond acceptors (Lipinski definition) is 7. The van der Waals surface area contributed by atoms with E-state index in [4.69, 9.17) is 4.74 Å². The molecule has 55 heavy (non-hydrogen) atoms. The van der Waals surface area contributed by atoms with Crippen LogP contribution in [-0.4, -0.2) is 78.6 Å². The number of carbonyl (C=O) groups excluding carboxylic acids is 4. The molecule has 3 fully saturated rings. The second kappa shape index (κ2) is 14.6. The number of fused-ring (bicyclic) bond motifs is 3. The molecule has 3 saturated heterocycles. The smallest absolute Gasteiger partial charge is 0.264 e. The Morgan fingerprint density at radius 2 is 1.55 bits per heavy atom. The van der Waals surface area contributed by atoms with Gasteiger partial charge in [-0.05, 0) is 92.2 Å². The van der Waals surface area contributed by atoms with Crippen molar-refractivity contribution < 1.29 is 33.8 Å². The van der Waals surface area contributed by atoms with Gasteiger partial charge in [-0.25, -0.2) is 0 Å². The van der Waals surface area contributed by atoms with Crippen LogP contribution in [-0.2, 0) is 49.0 Å².